The first kappa shape index (κ1) is 23.7. The molecule has 4 bridgehead atoms. The van der Waals surface area contributed by atoms with Crippen LogP contribution in [0.4, 0.5) is 21.9 Å². The summed E-state index contributed by atoms with van der Waals surface area (Å²) < 4.78 is 4.83. The van der Waals surface area contributed by atoms with E-state index in [0.717, 1.165) is 40.6 Å². The van der Waals surface area contributed by atoms with Crippen molar-refractivity contribution >= 4 is 40.7 Å². The van der Waals surface area contributed by atoms with Gasteiger partial charge in [-0.05, 0) is 116 Å². The second-order valence-electron chi connectivity index (χ2n) is 11.4. The molecule has 190 valence electrons. The molecule has 0 radical (unpaired) electrons. The van der Waals surface area contributed by atoms with Crippen molar-refractivity contribution in [1.29, 1.82) is 0 Å². The molecule has 0 unspecified atom stereocenters. The van der Waals surface area contributed by atoms with E-state index in [1.165, 1.54) is 51.2 Å². The SMILES string of the molecule is COC(=O)[C@@H]1CCCN1C(=O)Nc1ccc(Nc2ccc(C34CC5CC(CC(C5)C3)C4)cc2Cl)cc1. The topological polar surface area (TPSA) is 70.7 Å². The van der Waals surface area contributed by atoms with Gasteiger partial charge >= 0.3 is 12.0 Å². The standard InChI is InChI=1S/C29H34ClN3O3/c1-36-27(34)26-3-2-10-33(26)28(35)32-23-7-5-22(6-8-23)31-25-9-4-21(14-24(25)30)29-15-18-11-19(16-29)13-20(12-18)17-29/h4-9,14,18-20,26,31H,2-3,10-13,15-17H2,1H3,(H,32,35)/t18?,19?,20?,26-,29?/m0/s1. The van der Waals surface area contributed by atoms with Crippen LogP contribution in [0.2, 0.25) is 5.02 Å². The summed E-state index contributed by atoms with van der Waals surface area (Å²) in [5.41, 5.74) is 4.21. The molecule has 5 aliphatic rings. The lowest BCUT2D eigenvalue weighted by Crippen LogP contribution is -2.48. The monoisotopic (exact) mass is 507 g/mol. The van der Waals surface area contributed by atoms with Crippen molar-refractivity contribution in [3.8, 4) is 0 Å². The number of rotatable bonds is 5. The molecule has 5 fully saturated rings. The van der Waals surface area contributed by atoms with Crippen molar-refractivity contribution in [3.63, 3.8) is 0 Å². The largest absolute Gasteiger partial charge is 0.467 e. The lowest BCUT2D eigenvalue weighted by atomic mass is 9.48. The predicted molar refractivity (Wildman–Crippen MR) is 142 cm³/mol. The maximum atomic E-state index is 12.7. The van der Waals surface area contributed by atoms with E-state index in [9.17, 15) is 9.59 Å². The number of anilines is 3. The molecule has 2 aromatic rings. The van der Waals surface area contributed by atoms with Gasteiger partial charge in [0.25, 0.3) is 0 Å². The molecular formula is C29H34ClN3O3. The van der Waals surface area contributed by atoms with Gasteiger partial charge in [-0.15, -0.1) is 0 Å². The van der Waals surface area contributed by atoms with Crippen LogP contribution in [0.1, 0.15) is 56.9 Å². The van der Waals surface area contributed by atoms with Crippen molar-refractivity contribution in [2.75, 3.05) is 24.3 Å². The number of hydrogen-bond acceptors (Lipinski definition) is 4. The van der Waals surface area contributed by atoms with Gasteiger partial charge in [-0.25, -0.2) is 9.59 Å². The number of ether oxygens (including phenoxy) is 1. The summed E-state index contributed by atoms with van der Waals surface area (Å²) >= 11 is 6.78. The van der Waals surface area contributed by atoms with E-state index in [1.54, 1.807) is 4.90 Å². The van der Waals surface area contributed by atoms with Crippen LogP contribution in [0.15, 0.2) is 42.5 Å². The lowest BCUT2D eigenvalue weighted by Gasteiger charge is -2.57. The smallest absolute Gasteiger partial charge is 0.328 e. The van der Waals surface area contributed by atoms with Crippen LogP contribution >= 0.6 is 11.6 Å². The van der Waals surface area contributed by atoms with Gasteiger partial charge in [0, 0.05) is 17.9 Å². The summed E-state index contributed by atoms with van der Waals surface area (Å²) in [4.78, 5) is 26.2. The number of methoxy groups -OCH3 is 1. The minimum atomic E-state index is -0.514. The second kappa shape index (κ2) is 9.29. The predicted octanol–water partition coefficient (Wildman–Crippen LogP) is 6.72. The van der Waals surface area contributed by atoms with Gasteiger partial charge in [-0.3, -0.25) is 0 Å². The van der Waals surface area contributed by atoms with E-state index in [4.69, 9.17) is 16.3 Å². The van der Waals surface area contributed by atoms with E-state index in [-0.39, 0.29) is 12.0 Å². The minimum Gasteiger partial charge on any atom is -0.467 e. The number of halogens is 1. The molecule has 0 aromatic heterocycles. The molecule has 1 saturated heterocycles. The van der Waals surface area contributed by atoms with Crippen molar-refractivity contribution in [2.45, 2.75) is 62.8 Å². The molecule has 1 heterocycles. The van der Waals surface area contributed by atoms with E-state index >= 15 is 0 Å². The zero-order chi connectivity index (χ0) is 24.9. The van der Waals surface area contributed by atoms with E-state index in [0.29, 0.717) is 24.1 Å². The van der Waals surface area contributed by atoms with E-state index in [1.807, 2.05) is 24.3 Å². The molecule has 6 nitrogen and oxygen atoms in total. The molecule has 1 aliphatic heterocycles. The Morgan fingerprint density at radius 3 is 2.22 bits per heavy atom. The van der Waals surface area contributed by atoms with Crippen LogP contribution in [0.3, 0.4) is 0 Å². The fourth-order valence-corrected chi connectivity index (χ4v) is 8.02. The highest BCUT2D eigenvalue weighted by Crippen LogP contribution is 2.61. The molecular weight excluding hydrogens is 474 g/mol. The summed E-state index contributed by atoms with van der Waals surface area (Å²) in [6, 6.07) is 13.3. The number of carbonyl (C=O) groups is 2. The van der Waals surface area contributed by atoms with Crippen molar-refractivity contribution in [3.05, 3.63) is 53.1 Å². The number of urea groups is 1. The molecule has 36 heavy (non-hydrogen) atoms. The molecule has 2 N–H and O–H groups in total. The molecule has 7 heteroatoms. The third-order valence-electron chi connectivity index (χ3n) is 9.02. The average molecular weight is 508 g/mol. The van der Waals surface area contributed by atoms with Crippen LogP contribution in [0.25, 0.3) is 0 Å². The summed E-state index contributed by atoms with van der Waals surface area (Å²) in [6.45, 7) is 0.545. The van der Waals surface area contributed by atoms with Gasteiger partial charge in [0.05, 0.1) is 17.8 Å². The van der Waals surface area contributed by atoms with Crippen LogP contribution in [0.5, 0.6) is 0 Å². The fraction of sp³-hybridized carbons (Fsp3) is 0.517. The minimum absolute atomic E-state index is 0.285. The van der Waals surface area contributed by atoms with E-state index < -0.39 is 6.04 Å². The normalized spacial score (nSPS) is 30.3. The van der Waals surface area contributed by atoms with Gasteiger partial charge < -0.3 is 20.3 Å². The molecule has 0 spiro atoms. The van der Waals surface area contributed by atoms with Gasteiger partial charge in [0.2, 0.25) is 0 Å². The number of carbonyl (C=O) groups excluding carboxylic acids is 2. The molecule has 4 saturated carbocycles. The van der Waals surface area contributed by atoms with Crippen molar-refractivity contribution in [2.24, 2.45) is 17.8 Å². The number of likely N-dealkylation sites (tertiary alicyclic amines) is 1. The first-order chi connectivity index (χ1) is 17.4. The zero-order valence-corrected chi connectivity index (χ0v) is 21.5. The van der Waals surface area contributed by atoms with Crippen LogP contribution in [0, 0.1) is 17.8 Å². The Kier molecular flexibility index (Phi) is 6.11. The summed E-state index contributed by atoms with van der Waals surface area (Å²) in [7, 11) is 1.35. The maximum Gasteiger partial charge on any atom is 0.328 e. The third-order valence-corrected chi connectivity index (χ3v) is 9.33. The lowest BCUT2D eigenvalue weighted by molar-refractivity contribution is -0.144. The highest BCUT2D eigenvalue weighted by molar-refractivity contribution is 6.33. The first-order valence-electron chi connectivity index (χ1n) is 13.2. The number of nitrogens with one attached hydrogen (secondary N) is 2. The Hall–Kier alpha value is -2.73. The van der Waals surface area contributed by atoms with Gasteiger partial charge in [0.15, 0.2) is 0 Å². The van der Waals surface area contributed by atoms with Crippen LogP contribution in [-0.2, 0) is 14.9 Å². The fourth-order valence-electron chi connectivity index (χ4n) is 7.79. The Morgan fingerprint density at radius 2 is 1.61 bits per heavy atom. The third kappa shape index (κ3) is 4.34. The Labute approximate surface area is 217 Å². The number of amides is 2. The second-order valence-corrected chi connectivity index (χ2v) is 11.8. The summed E-state index contributed by atoms with van der Waals surface area (Å²) in [6.07, 6.45) is 9.71. The summed E-state index contributed by atoms with van der Waals surface area (Å²) in [5.74, 6) is 2.35. The number of hydrogen-bond donors (Lipinski definition) is 2. The number of nitrogens with zero attached hydrogens (tertiary/aromatic N) is 1. The highest BCUT2D eigenvalue weighted by atomic mass is 35.5. The molecule has 7 rings (SSSR count). The molecule has 2 aromatic carbocycles. The zero-order valence-electron chi connectivity index (χ0n) is 20.8. The molecule has 1 atom stereocenters. The van der Waals surface area contributed by atoms with Gasteiger partial charge in [0.1, 0.15) is 6.04 Å². The Bertz CT molecular complexity index is 1130. The van der Waals surface area contributed by atoms with Gasteiger partial charge in [-0.2, -0.15) is 0 Å². The van der Waals surface area contributed by atoms with Crippen LogP contribution < -0.4 is 10.6 Å². The van der Waals surface area contributed by atoms with Gasteiger partial charge in [-0.1, -0.05) is 17.7 Å². The van der Waals surface area contributed by atoms with E-state index in [2.05, 4.69) is 28.8 Å². The summed E-state index contributed by atoms with van der Waals surface area (Å²) in [5, 5.41) is 7.07. The number of benzene rings is 2. The number of esters is 1. The quantitative estimate of drug-likeness (QED) is 0.440. The Morgan fingerprint density at radius 1 is 0.972 bits per heavy atom. The van der Waals surface area contributed by atoms with Crippen molar-refractivity contribution in [1.82, 2.24) is 4.90 Å². The average Bonchev–Trinajstić information content (AvgIpc) is 3.35. The highest BCUT2D eigenvalue weighted by Gasteiger charge is 2.51. The van der Waals surface area contributed by atoms with Crippen molar-refractivity contribution < 1.29 is 14.3 Å². The van der Waals surface area contributed by atoms with Crippen LogP contribution in [-0.4, -0.2) is 36.6 Å². The maximum absolute atomic E-state index is 12.7. The molecule has 4 aliphatic carbocycles. The Balaban J connectivity index is 1.11. The molecule has 2 amide bonds. The first-order valence-corrected chi connectivity index (χ1v) is 13.6.